The number of nitriles is 2. The summed E-state index contributed by atoms with van der Waals surface area (Å²) >= 11 is 0. The fourth-order valence-corrected chi connectivity index (χ4v) is 1.71. The molecular weight excluding hydrogens is 210 g/mol. The molecule has 0 atom stereocenters. The maximum absolute atomic E-state index is 9.13. The van der Waals surface area contributed by atoms with E-state index in [1.165, 1.54) is 0 Å². The van der Waals surface area contributed by atoms with Crippen LogP contribution in [0.5, 0.6) is 0 Å². The second kappa shape index (κ2) is 4.38. The first-order chi connectivity index (χ1) is 8.26. The van der Waals surface area contributed by atoms with Crippen LogP contribution < -0.4 is 5.73 Å². The van der Waals surface area contributed by atoms with Crippen LogP contribution in [-0.2, 0) is 0 Å². The van der Waals surface area contributed by atoms with Gasteiger partial charge in [0.1, 0.15) is 12.1 Å². The van der Waals surface area contributed by atoms with Gasteiger partial charge in [-0.25, -0.2) is 0 Å². The largest absolute Gasteiger partial charge is 0.399 e. The Morgan fingerprint density at radius 3 is 2.35 bits per heavy atom. The molecule has 0 saturated heterocycles. The van der Waals surface area contributed by atoms with E-state index in [2.05, 4.69) is 6.07 Å². The van der Waals surface area contributed by atoms with Crippen molar-refractivity contribution in [2.45, 2.75) is 0 Å². The zero-order valence-corrected chi connectivity index (χ0v) is 9.01. The summed E-state index contributed by atoms with van der Waals surface area (Å²) in [6, 6.07) is 16.6. The average molecular weight is 219 g/mol. The molecule has 0 bridgehead atoms. The molecule has 0 aliphatic carbocycles. The van der Waals surface area contributed by atoms with E-state index in [1.54, 1.807) is 24.3 Å². The van der Waals surface area contributed by atoms with Crippen LogP contribution in [0.15, 0.2) is 42.5 Å². The molecule has 17 heavy (non-hydrogen) atoms. The Morgan fingerprint density at radius 2 is 1.71 bits per heavy atom. The van der Waals surface area contributed by atoms with Crippen LogP contribution in [0.2, 0.25) is 0 Å². The van der Waals surface area contributed by atoms with E-state index in [0.717, 1.165) is 11.1 Å². The SMILES string of the molecule is N#Cc1cccc(-c2cccc(N)c2)c1C#N. The lowest BCUT2D eigenvalue weighted by Gasteiger charge is -2.06. The van der Waals surface area contributed by atoms with Crippen LogP contribution in [0.25, 0.3) is 11.1 Å². The third-order valence-corrected chi connectivity index (χ3v) is 2.49. The van der Waals surface area contributed by atoms with Gasteiger partial charge in [-0.15, -0.1) is 0 Å². The fourth-order valence-electron chi connectivity index (χ4n) is 1.71. The van der Waals surface area contributed by atoms with Crippen molar-refractivity contribution in [1.82, 2.24) is 0 Å². The lowest BCUT2D eigenvalue weighted by Crippen LogP contribution is -1.90. The molecule has 0 aliphatic heterocycles. The molecule has 2 rings (SSSR count). The molecule has 3 nitrogen and oxygen atoms in total. The van der Waals surface area contributed by atoms with Gasteiger partial charge in [-0.2, -0.15) is 10.5 Å². The molecule has 0 spiro atoms. The van der Waals surface area contributed by atoms with Crippen molar-refractivity contribution < 1.29 is 0 Å². The van der Waals surface area contributed by atoms with Crippen molar-refractivity contribution in [1.29, 1.82) is 10.5 Å². The van der Waals surface area contributed by atoms with Gasteiger partial charge in [-0.3, -0.25) is 0 Å². The molecule has 0 fully saturated rings. The third-order valence-electron chi connectivity index (χ3n) is 2.49. The highest BCUT2D eigenvalue weighted by Crippen LogP contribution is 2.26. The highest BCUT2D eigenvalue weighted by Gasteiger charge is 2.09. The summed E-state index contributed by atoms with van der Waals surface area (Å²) in [5.74, 6) is 0. The maximum atomic E-state index is 9.13. The zero-order valence-electron chi connectivity index (χ0n) is 9.01. The smallest absolute Gasteiger partial charge is 0.101 e. The molecular formula is C14H9N3. The van der Waals surface area contributed by atoms with Crippen molar-refractivity contribution in [3.05, 3.63) is 53.6 Å². The Hall–Kier alpha value is -2.78. The van der Waals surface area contributed by atoms with Gasteiger partial charge in [0.05, 0.1) is 11.1 Å². The number of benzene rings is 2. The van der Waals surface area contributed by atoms with E-state index < -0.39 is 0 Å². The monoisotopic (exact) mass is 219 g/mol. The predicted molar refractivity (Wildman–Crippen MR) is 65.7 cm³/mol. The summed E-state index contributed by atoms with van der Waals surface area (Å²) < 4.78 is 0. The minimum atomic E-state index is 0.382. The zero-order chi connectivity index (χ0) is 12.3. The predicted octanol–water partition coefficient (Wildman–Crippen LogP) is 2.68. The minimum absolute atomic E-state index is 0.382. The lowest BCUT2D eigenvalue weighted by atomic mass is 9.96. The van der Waals surface area contributed by atoms with Crippen LogP contribution in [0.4, 0.5) is 5.69 Å². The van der Waals surface area contributed by atoms with Gasteiger partial charge in [-0.1, -0.05) is 24.3 Å². The normalized spacial score (nSPS) is 9.29. The van der Waals surface area contributed by atoms with Crippen LogP contribution in [0.1, 0.15) is 11.1 Å². The molecule has 0 amide bonds. The van der Waals surface area contributed by atoms with Crippen molar-refractivity contribution in [3.63, 3.8) is 0 Å². The van der Waals surface area contributed by atoms with Gasteiger partial charge in [0.2, 0.25) is 0 Å². The molecule has 0 saturated carbocycles. The Balaban J connectivity index is 2.69. The van der Waals surface area contributed by atoms with Crippen molar-refractivity contribution in [2.75, 3.05) is 5.73 Å². The topological polar surface area (TPSA) is 73.6 Å². The van der Waals surface area contributed by atoms with Gasteiger partial charge in [0, 0.05) is 11.3 Å². The summed E-state index contributed by atoms with van der Waals surface area (Å²) in [6.07, 6.45) is 0. The molecule has 0 unspecified atom stereocenters. The number of rotatable bonds is 1. The molecule has 0 aromatic heterocycles. The van der Waals surface area contributed by atoms with Gasteiger partial charge in [0.15, 0.2) is 0 Å². The number of nitrogens with two attached hydrogens (primary N) is 1. The van der Waals surface area contributed by atoms with Gasteiger partial charge >= 0.3 is 0 Å². The summed E-state index contributed by atoms with van der Waals surface area (Å²) in [5, 5.41) is 18.1. The van der Waals surface area contributed by atoms with Crippen molar-refractivity contribution in [2.24, 2.45) is 0 Å². The summed E-state index contributed by atoms with van der Waals surface area (Å²) in [4.78, 5) is 0. The lowest BCUT2D eigenvalue weighted by molar-refractivity contribution is 1.43. The van der Waals surface area contributed by atoms with Gasteiger partial charge < -0.3 is 5.73 Å². The van der Waals surface area contributed by atoms with Crippen LogP contribution in [0.3, 0.4) is 0 Å². The second-order valence-corrected chi connectivity index (χ2v) is 3.58. The second-order valence-electron chi connectivity index (χ2n) is 3.58. The summed E-state index contributed by atoms with van der Waals surface area (Å²) in [7, 11) is 0. The average Bonchev–Trinajstić information content (AvgIpc) is 2.37. The Morgan fingerprint density at radius 1 is 0.941 bits per heavy atom. The van der Waals surface area contributed by atoms with Crippen LogP contribution in [0, 0.1) is 22.7 Å². The Bertz CT molecular complexity index is 645. The molecule has 2 aromatic rings. The quantitative estimate of drug-likeness (QED) is 0.749. The number of hydrogen-bond acceptors (Lipinski definition) is 3. The standard InChI is InChI=1S/C14H9N3/c15-8-11-4-2-6-13(14(11)9-16)10-3-1-5-12(17)7-10/h1-7H,17H2. The minimum Gasteiger partial charge on any atom is -0.399 e. The Kier molecular flexibility index (Phi) is 2.77. The molecule has 3 heteroatoms. The third kappa shape index (κ3) is 1.95. The number of nitrogens with zero attached hydrogens (tertiary/aromatic N) is 2. The number of anilines is 1. The first kappa shape index (κ1) is 10.7. The fraction of sp³-hybridized carbons (Fsp3) is 0. The van der Waals surface area contributed by atoms with E-state index in [9.17, 15) is 0 Å². The number of nitrogen functional groups attached to an aromatic ring is 1. The summed E-state index contributed by atoms with van der Waals surface area (Å²) in [5.41, 5.74) is 8.70. The van der Waals surface area contributed by atoms with Crippen molar-refractivity contribution in [3.8, 4) is 23.3 Å². The highest BCUT2D eigenvalue weighted by atomic mass is 14.5. The molecule has 2 N–H and O–H groups in total. The molecule has 0 aliphatic rings. The van der Waals surface area contributed by atoms with Gasteiger partial charge in [0.25, 0.3) is 0 Å². The van der Waals surface area contributed by atoms with E-state index in [4.69, 9.17) is 16.3 Å². The number of hydrogen-bond donors (Lipinski definition) is 1. The molecule has 0 radical (unpaired) electrons. The van der Waals surface area contributed by atoms with Crippen LogP contribution in [-0.4, -0.2) is 0 Å². The van der Waals surface area contributed by atoms with E-state index >= 15 is 0 Å². The first-order valence-electron chi connectivity index (χ1n) is 5.05. The van der Waals surface area contributed by atoms with E-state index in [-0.39, 0.29) is 0 Å². The maximum Gasteiger partial charge on any atom is 0.101 e. The molecule has 80 valence electrons. The molecule has 2 aromatic carbocycles. The summed E-state index contributed by atoms with van der Waals surface area (Å²) in [6.45, 7) is 0. The first-order valence-corrected chi connectivity index (χ1v) is 5.05. The van der Waals surface area contributed by atoms with E-state index in [0.29, 0.717) is 16.8 Å². The molecule has 0 heterocycles. The Labute approximate surface area is 99.3 Å². The van der Waals surface area contributed by atoms with Crippen LogP contribution >= 0.6 is 0 Å². The van der Waals surface area contributed by atoms with Gasteiger partial charge in [-0.05, 0) is 23.8 Å². The van der Waals surface area contributed by atoms with E-state index in [1.807, 2.05) is 24.3 Å². The highest BCUT2D eigenvalue weighted by molar-refractivity contribution is 5.75. The van der Waals surface area contributed by atoms with Crippen molar-refractivity contribution >= 4 is 5.69 Å².